The molecule has 0 bridgehead atoms. The fraction of sp³-hybridized carbons (Fsp3) is 0.909. The Morgan fingerprint density at radius 1 is 1.38 bits per heavy atom. The van der Waals surface area contributed by atoms with E-state index in [-0.39, 0.29) is 11.8 Å². The smallest absolute Gasteiger partial charge is 0.255 e. The molecule has 0 unspecified atom stereocenters. The Morgan fingerprint density at radius 3 is 2.38 bits per heavy atom. The predicted molar refractivity (Wildman–Crippen MR) is 58.1 cm³/mol. The zero-order valence-electron chi connectivity index (χ0n) is 9.66. The predicted octanol–water partition coefficient (Wildman–Crippen LogP) is 1.47. The molecule has 0 saturated heterocycles. The lowest BCUT2D eigenvalue weighted by Crippen LogP contribution is -2.38. The first kappa shape index (κ1) is 13.4. The number of hydrogen-bond acceptors (Lipinski definition) is 2. The molecule has 0 aromatic rings. The second-order valence-electron chi connectivity index (χ2n) is 4.56. The molecule has 3 nitrogen and oxygen atoms in total. The van der Waals surface area contributed by atoms with Gasteiger partial charge in [-0.25, -0.2) is 8.78 Å². The van der Waals surface area contributed by atoms with Gasteiger partial charge in [0.2, 0.25) is 5.91 Å². The van der Waals surface area contributed by atoms with Gasteiger partial charge in [0.25, 0.3) is 6.43 Å². The molecule has 16 heavy (non-hydrogen) atoms. The van der Waals surface area contributed by atoms with Crippen LogP contribution in [0.25, 0.3) is 0 Å². The van der Waals surface area contributed by atoms with Crippen LogP contribution < -0.4 is 5.73 Å². The molecule has 2 N–H and O–H groups in total. The van der Waals surface area contributed by atoms with E-state index in [0.717, 1.165) is 30.6 Å². The quantitative estimate of drug-likeness (QED) is 0.800. The van der Waals surface area contributed by atoms with Gasteiger partial charge in [0.05, 0.1) is 6.54 Å². The molecule has 1 aliphatic carbocycles. The third kappa shape index (κ3) is 3.70. The first-order valence-corrected chi connectivity index (χ1v) is 5.77. The molecule has 1 aliphatic rings. The van der Waals surface area contributed by atoms with Crippen molar-refractivity contribution in [3.63, 3.8) is 0 Å². The molecule has 1 amide bonds. The summed E-state index contributed by atoms with van der Waals surface area (Å²) in [6, 6.07) is 0. The highest BCUT2D eigenvalue weighted by atomic mass is 19.3. The maximum Gasteiger partial charge on any atom is 0.255 e. The molecule has 5 heteroatoms. The van der Waals surface area contributed by atoms with E-state index in [1.807, 2.05) is 0 Å². The van der Waals surface area contributed by atoms with Crippen LogP contribution in [0.5, 0.6) is 0 Å². The van der Waals surface area contributed by atoms with Gasteiger partial charge in [-0.1, -0.05) is 0 Å². The highest BCUT2D eigenvalue weighted by Crippen LogP contribution is 2.29. The molecule has 0 aliphatic heterocycles. The Labute approximate surface area is 95.0 Å². The van der Waals surface area contributed by atoms with Crippen LogP contribution in [-0.4, -0.2) is 37.4 Å². The van der Waals surface area contributed by atoms with Gasteiger partial charge in [-0.05, 0) is 38.1 Å². The normalized spacial score (nSPS) is 25.8. The summed E-state index contributed by atoms with van der Waals surface area (Å²) in [5.41, 5.74) is 5.56. The zero-order chi connectivity index (χ0) is 12.1. The average Bonchev–Trinajstić information content (AvgIpc) is 2.27. The minimum atomic E-state index is -2.45. The van der Waals surface area contributed by atoms with E-state index in [0.29, 0.717) is 12.5 Å². The number of alkyl halides is 2. The molecule has 1 saturated carbocycles. The van der Waals surface area contributed by atoms with E-state index in [9.17, 15) is 13.6 Å². The second-order valence-corrected chi connectivity index (χ2v) is 4.56. The fourth-order valence-electron chi connectivity index (χ4n) is 2.25. The van der Waals surface area contributed by atoms with Gasteiger partial charge in [-0.15, -0.1) is 0 Å². The van der Waals surface area contributed by atoms with Gasteiger partial charge in [0.15, 0.2) is 0 Å². The third-order valence-corrected chi connectivity index (χ3v) is 3.32. The lowest BCUT2D eigenvalue weighted by molar-refractivity contribution is -0.137. The summed E-state index contributed by atoms with van der Waals surface area (Å²) in [4.78, 5) is 12.9. The van der Waals surface area contributed by atoms with E-state index in [2.05, 4.69) is 0 Å². The van der Waals surface area contributed by atoms with Gasteiger partial charge in [0.1, 0.15) is 0 Å². The molecule has 0 aromatic heterocycles. The fourth-order valence-corrected chi connectivity index (χ4v) is 2.25. The number of nitrogens with zero attached hydrogens (tertiary/aromatic N) is 1. The summed E-state index contributed by atoms with van der Waals surface area (Å²) in [5.74, 6) is 0.284. The van der Waals surface area contributed by atoms with E-state index < -0.39 is 13.0 Å². The molecule has 0 radical (unpaired) electrons. The van der Waals surface area contributed by atoms with Crippen LogP contribution >= 0.6 is 0 Å². The summed E-state index contributed by atoms with van der Waals surface area (Å²) >= 11 is 0. The van der Waals surface area contributed by atoms with E-state index >= 15 is 0 Å². The Balaban J connectivity index is 2.38. The zero-order valence-corrected chi connectivity index (χ0v) is 9.66. The molecular weight excluding hydrogens is 214 g/mol. The van der Waals surface area contributed by atoms with Crippen LogP contribution in [0.1, 0.15) is 25.7 Å². The Kier molecular flexibility index (Phi) is 5.12. The summed E-state index contributed by atoms with van der Waals surface area (Å²) in [6.45, 7) is 0.198. The van der Waals surface area contributed by atoms with Crippen molar-refractivity contribution in [2.24, 2.45) is 17.6 Å². The molecule has 1 fully saturated rings. The highest BCUT2D eigenvalue weighted by Gasteiger charge is 2.28. The lowest BCUT2D eigenvalue weighted by Gasteiger charge is -2.29. The van der Waals surface area contributed by atoms with Crippen molar-refractivity contribution in [3.8, 4) is 0 Å². The first-order valence-electron chi connectivity index (χ1n) is 5.77. The molecule has 94 valence electrons. The van der Waals surface area contributed by atoms with Gasteiger partial charge >= 0.3 is 0 Å². The van der Waals surface area contributed by atoms with E-state index in [4.69, 9.17) is 5.73 Å². The number of carbonyl (C=O) groups is 1. The second kappa shape index (κ2) is 6.13. The largest absolute Gasteiger partial charge is 0.340 e. The number of rotatable bonds is 4. The van der Waals surface area contributed by atoms with Crippen molar-refractivity contribution in [1.82, 2.24) is 4.90 Å². The Morgan fingerprint density at radius 2 is 1.94 bits per heavy atom. The summed E-state index contributed by atoms with van der Waals surface area (Å²) in [7, 11) is 1.45. The van der Waals surface area contributed by atoms with Crippen molar-refractivity contribution in [3.05, 3.63) is 0 Å². The minimum Gasteiger partial charge on any atom is -0.340 e. The van der Waals surface area contributed by atoms with Gasteiger partial charge in [-0.3, -0.25) is 4.79 Å². The van der Waals surface area contributed by atoms with Crippen molar-refractivity contribution < 1.29 is 13.6 Å². The van der Waals surface area contributed by atoms with Crippen LogP contribution in [-0.2, 0) is 4.79 Å². The van der Waals surface area contributed by atoms with Crippen molar-refractivity contribution in [2.45, 2.75) is 32.1 Å². The Hall–Kier alpha value is -0.710. The van der Waals surface area contributed by atoms with Crippen LogP contribution in [0.4, 0.5) is 8.78 Å². The number of halogens is 2. The van der Waals surface area contributed by atoms with Crippen LogP contribution in [0.2, 0.25) is 0 Å². The van der Waals surface area contributed by atoms with E-state index in [1.54, 1.807) is 0 Å². The molecule has 0 atom stereocenters. The summed E-state index contributed by atoms with van der Waals surface area (Å²) in [6.07, 6.45) is 1.00. The number of carbonyl (C=O) groups excluding carboxylic acids is 1. The minimum absolute atomic E-state index is 0.0773. The SMILES string of the molecule is CN(CC(F)F)C(=O)C1CCC(CN)CC1. The van der Waals surface area contributed by atoms with Crippen molar-refractivity contribution >= 4 is 5.91 Å². The summed E-state index contributed by atoms with van der Waals surface area (Å²) in [5, 5.41) is 0. The van der Waals surface area contributed by atoms with E-state index in [1.165, 1.54) is 7.05 Å². The lowest BCUT2D eigenvalue weighted by atomic mass is 9.81. The maximum atomic E-state index is 12.1. The number of nitrogens with two attached hydrogens (primary N) is 1. The molecular formula is C11H20F2N2O. The van der Waals surface area contributed by atoms with Gasteiger partial charge in [-0.2, -0.15) is 0 Å². The number of hydrogen-bond donors (Lipinski definition) is 1. The monoisotopic (exact) mass is 234 g/mol. The third-order valence-electron chi connectivity index (χ3n) is 3.32. The van der Waals surface area contributed by atoms with Crippen LogP contribution in [0.3, 0.4) is 0 Å². The van der Waals surface area contributed by atoms with Gasteiger partial charge in [0, 0.05) is 13.0 Å². The van der Waals surface area contributed by atoms with Crippen LogP contribution in [0, 0.1) is 11.8 Å². The van der Waals surface area contributed by atoms with Crippen molar-refractivity contribution in [1.29, 1.82) is 0 Å². The number of amides is 1. The Bertz CT molecular complexity index is 228. The molecule has 0 aromatic carbocycles. The topological polar surface area (TPSA) is 46.3 Å². The van der Waals surface area contributed by atoms with Crippen molar-refractivity contribution in [2.75, 3.05) is 20.1 Å². The molecule has 0 spiro atoms. The van der Waals surface area contributed by atoms with Crippen LogP contribution in [0.15, 0.2) is 0 Å². The average molecular weight is 234 g/mol. The standard InChI is InChI=1S/C11H20F2N2O/c1-15(7-10(12)13)11(16)9-4-2-8(6-14)3-5-9/h8-10H,2-7,14H2,1H3. The van der Waals surface area contributed by atoms with Gasteiger partial charge < -0.3 is 10.6 Å². The molecule has 0 heterocycles. The molecule has 1 rings (SSSR count). The highest BCUT2D eigenvalue weighted by molar-refractivity contribution is 5.78. The summed E-state index contributed by atoms with van der Waals surface area (Å²) < 4.78 is 24.2. The first-order chi connectivity index (χ1) is 7.54. The maximum absolute atomic E-state index is 12.1.